The fraction of sp³-hybridized carbons (Fsp3) is 0.368. The lowest BCUT2D eigenvalue weighted by atomic mass is 10.1. The molecule has 0 amide bonds. The van der Waals surface area contributed by atoms with Gasteiger partial charge in [-0.1, -0.05) is 36.4 Å². The molecule has 4 nitrogen and oxygen atoms in total. The lowest BCUT2D eigenvalue weighted by molar-refractivity contribution is 0.123. The highest BCUT2D eigenvalue weighted by molar-refractivity contribution is 5.46. The van der Waals surface area contributed by atoms with Crippen molar-refractivity contribution < 1.29 is 14.2 Å². The lowest BCUT2D eigenvalue weighted by Crippen LogP contribution is -2.01. The lowest BCUT2D eigenvalue weighted by Gasteiger charge is -2.08. The van der Waals surface area contributed by atoms with E-state index >= 15 is 0 Å². The highest BCUT2D eigenvalue weighted by Gasteiger charge is 2.08. The molecule has 0 atom stereocenters. The first-order valence-corrected chi connectivity index (χ1v) is 8.18. The first kappa shape index (κ1) is 18.2. The molecule has 0 aliphatic rings. The van der Waals surface area contributed by atoms with Crippen LogP contribution in [0.1, 0.15) is 24.0 Å². The summed E-state index contributed by atoms with van der Waals surface area (Å²) in [6.45, 7) is 1.61. The molecule has 0 aromatic heterocycles. The van der Waals surface area contributed by atoms with Gasteiger partial charge < -0.3 is 9.84 Å². The zero-order valence-electron chi connectivity index (χ0n) is 13.7. The van der Waals surface area contributed by atoms with Gasteiger partial charge in [-0.15, -0.1) is 0 Å². The van der Waals surface area contributed by atoms with Crippen molar-refractivity contribution in [2.75, 3.05) is 19.8 Å². The molecule has 1 N–H and O–H groups in total. The van der Waals surface area contributed by atoms with Gasteiger partial charge in [0.15, 0.2) is 0 Å². The molecule has 0 bridgehead atoms. The Morgan fingerprint density at radius 3 is 2.62 bits per heavy atom. The molecule has 0 spiro atoms. The van der Waals surface area contributed by atoms with E-state index in [1.807, 2.05) is 30.3 Å². The van der Waals surface area contributed by atoms with Gasteiger partial charge in [0.25, 0.3) is 0 Å². The van der Waals surface area contributed by atoms with Crippen LogP contribution >= 0.6 is 0 Å². The quantitative estimate of drug-likeness (QED) is 0.517. The fourth-order valence-electron chi connectivity index (χ4n) is 2.25. The number of hydrogen-bond acceptors (Lipinski definition) is 4. The van der Waals surface area contributed by atoms with E-state index in [-0.39, 0.29) is 12.4 Å². The van der Waals surface area contributed by atoms with E-state index in [0.717, 1.165) is 12.0 Å². The van der Waals surface area contributed by atoms with Crippen molar-refractivity contribution in [2.45, 2.75) is 25.9 Å². The zero-order chi connectivity index (χ0) is 17.0. The number of unbranched alkanes of at least 4 members (excludes halogenated alkanes) is 1. The van der Waals surface area contributed by atoms with Crippen molar-refractivity contribution in [3.8, 4) is 0 Å². The third kappa shape index (κ3) is 6.18. The second kappa shape index (κ2) is 10.6. The van der Waals surface area contributed by atoms with E-state index < -0.39 is 0 Å². The first-order valence-electron chi connectivity index (χ1n) is 8.18. The average molecular weight is 330 g/mol. The van der Waals surface area contributed by atoms with Gasteiger partial charge in [-0.3, -0.25) is 0 Å². The molecule has 0 fully saturated rings. The Bertz CT molecular complexity index is 633. The van der Waals surface area contributed by atoms with Gasteiger partial charge in [0.1, 0.15) is 5.82 Å². The van der Waals surface area contributed by atoms with Gasteiger partial charge in [-0.2, -0.15) is 10.2 Å². The smallest absolute Gasteiger partial charge is 0.128 e. The number of hydrogen-bond donors (Lipinski definition) is 1. The number of benzene rings is 2. The molecule has 24 heavy (non-hydrogen) atoms. The Morgan fingerprint density at radius 2 is 1.83 bits per heavy atom. The van der Waals surface area contributed by atoms with Crippen LogP contribution < -0.4 is 0 Å². The Labute approximate surface area is 142 Å². The standard InChI is InChI=1S/C19H23FN2O2/c20-18-9-6-10-19(22-21-12-4-5-13-23)17(18)11-14-24-15-16-7-2-1-3-8-16/h1-3,6-10,23H,4-5,11-15H2. The highest BCUT2D eigenvalue weighted by Crippen LogP contribution is 2.23. The number of azo groups is 1. The van der Waals surface area contributed by atoms with E-state index in [4.69, 9.17) is 9.84 Å². The van der Waals surface area contributed by atoms with Crippen LogP contribution in [0.5, 0.6) is 0 Å². The molecular formula is C19H23FN2O2. The van der Waals surface area contributed by atoms with Crippen LogP contribution in [0.2, 0.25) is 0 Å². The summed E-state index contributed by atoms with van der Waals surface area (Å²) in [4.78, 5) is 0. The Balaban J connectivity index is 1.86. The molecule has 5 heteroatoms. The second-order valence-corrected chi connectivity index (χ2v) is 5.42. The van der Waals surface area contributed by atoms with Crippen molar-refractivity contribution in [3.63, 3.8) is 0 Å². The van der Waals surface area contributed by atoms with Crippen molar-refractivity contribution in [2.24, 2.45) is 10.2 Å². The average Bonchev–Trinajstić information content (AvgIpc) is 2.61. The Kier molecular flexibility index (Phi) is 8.07. The van der Waals surface area contributed by atoms with E-state index in [2.05, 4.69) is 10.2 Å². The van der Waals surface area contributed by atoms with Gasteiger partial charge in [-0.05, 0) is 30.5 Å². The third-order valence-electron chi connectivity index (χ3n) is 3.55. The summed E-state index contributed by atoms with van der Waals surface area (Å²) in [6.07, 6.45) is 1.91. The van der Waals surface area contributed by atoms with Crippen LogP contribution in [0.15, 0.2) is 58.8 Å². The van der Waals surface area contributed by atoms with Gasteiger partial charge in [0.2, 0.25) is 0 Å². The van der Waals surface area contributed by atoms with Crippen LogP contribution in [-0.4, -0.2) is 24.9 Å². The van der Waals surface area contributed by atoms with E-state index in [1.54, 1.807) is 12.1 Å². The van der Waals surface area contributed by atoms with Crippen LogP contribution in [-0.2, 0) is 17.8 Å². The Morgan fingerprint density at radius 1 is 1.00 bits per heavy atom. The summed E-state index contributed by atoms with van der Waals surface area (Å²) in [6, 6.07) is 14.7. The molecule has 0 heterocycles. The SMILES string of the molecule is OCCCCN=Nc1cccc(F)c1CCOCc1ccccc1. The number of aliphatic hydroxyl groups excluding tert-OH is 1. The van der Waals surface area contributed by atoms with Crippen molar-refractivity contribution in [1.29, 1.82) is 0 Å². The van der Waals surface area contributed by atoms with Gasteiger partial charge in [0.05, 0.1) is 25.4 Å². The summed E-state index contributed by atoms with van der Waals surface area (Å²) in [5, 5.41) is 16.9. The van der Waals surface area contributed by atoms with Crippen molar-refractivity contribution in [1.82, 2.24) is 0 Å². The van der Waals surface area contributed by atoms with Gasteiger partial charge in [-0.25, -0.2) is 4.39 Å². The van der Waals surface area contributed by atoms with E-state index in [1.165, 1.54) is 6.07 Å². The fourth-order valence-corrected chi connectivity index (χ4v) is 2.25. The number of aliphatic hydroxyl groups is 1. The molecule has 128 valence electrons. The first-order chi connectivity index (χ1) is 11.8. The van der Waals surface area contributed by atoms with E-state index in [9.17, 15) is 4.39 Å². The van der Waals surface area contributed by atoms with Crippen LogP contribution in [0.4, 0.5) is 10.1 Å². The number of rotatable bonds is 10. The zero-order valence-corrected chi connectivity index (χ0v) is 13.7. The molecule has 2 aromatic rings. The van der Waals surface area contributed by atoms with Crippen molar-refractivity contribution in [3.05, 3.63) is 65.5 Å². The molecule has 2 aromatic carbocycles. The Hall–Kier alpha value is -2.11. The molecule has 0 saturated carbocycles. The number of nitrogens with zero attached hydrogens (tertiary/aromatic N) is 2. The summed E-state index contributed by atoms with van der Waals surface area (Å²) in [5.74, 6) is -0.287. The molecule has 0 aliphatic heterocycles. The summed E-state index contributed by atoms with van der Waals surface area (Å²) < 4.78 is 19.7. The third-order valence-corrected chi connectivity index (χ3v) is 3.55. The molecule has 0 saturated heterocycles. The number of halogens is 1. The molecular weight excluding hydrogens is 307 g/mol. The monoisotopic (exact) mass is 330 g/mol. The summed E-state index contributed by atoms with van der Waals surface area (Å²) in [7, 11) is 0. The summed E-state index contributed by atoms with van der Waals surface area (Å²) >= 11 is 0. The molecule has 2 rings (SSSR count). The second-order valence-electron chi connectivity index (χ2n) is 5.42. The molecule has 0 aliphatic carbocycles. The van der Waals surface area contributed by atoms with Crippen LogP contribution in [0.25, 0.3) is 0 Å². The maximum Gasteiger partial charge on any atom is 0.128 e. The highest BCUT2D eigenvalue weighted by atomic mass is 19.1. The predicted octanol–water partition coefficient (Wildman–Crippen LogP) is 4.44. The van der Waals surface area contributed by atoms with Crippen LogP contribution in [0.3, 0.4) is 0 Å². The minimum Gasteiger partial charge on any atom is -0.396 e. The van der Waals surface area contributed by atoms with Crippen molar-refractivity contribution >= 4 is 5.69 Å². The molecule has 0 radical (unpaired) electrons. The van der Waals surface area contributed by atoms with Gasteiger partial charge >= 0.3 is 0 Å². The number of ether oxygens (including phenoxy) is 1. The maximum atomic E-state index is 14.0. The van der Waals surface area contributed by atoms with Crippen LogP contribution in [0, 0.1) is 5.82 Å². The normalized spacial score (nSPS) is 11.2. The molecule has 0 unspecified atom stereocenters. The summed E-state index contributed by atoms with van der Waals surface area (Å²) in [5.41, 5.74) is 2.16. The van der Waals surface area contributed by atoms with E-state index in [0.29, 0.717) is 43.9 Å². The minimum atomic E-state index is -0.287. The van der Waals surface area contributed by atoms with Gasteiger partial charge in [0, 0.05) is 18.6 Å². The largest absolute Gasteiger partial charge is 0.396 e. The minimum absolute atomic E-state index is 0.152. The topological polar surface area (TPSA) is 54.2 Å². The maximum absolute atomic E-state index is 14.0. The predicted molar refractivity (Wildman–Crippen MR) is 91.9 cm³/mol.